The van der Waals surface area contributed by atoms with E-state index in [1.54, 1.807) is 7.05 Å². The summed E-state index contributed by atoms with van der Waals surface area (Å²) in [6.45, 7) is 6.29. The summed E-state index contributed by atoms with van der Waals surface area (Å²) in [6.07, 6.45) is 7.81. The van der Waals surface area contributed by atoms with E-state index in [1.165, 1.54) is 38.4 Å². The number of nitrogens with zero attached hydrogens (tertiary/aromatic N) is 2. The van der Waals surface area contributed by atoms with Gasteiger partial charge in [0.15, 0.2) is 5.96 Å². The third kappa shape index (κ3) is 5.81. The molecule has 2 N–H and O–H groups in total. The summed E-state index contributed by atoms with van der Waals surface area (Å²) in [5, 5.41) is 3.36. The van der Waals surface area contributed by atoms with Gasteiger partial charge in [-0.1, -0.05) is 19.3 Å². The fraction of sp³-hybridized carbons (Fsp3) is 0.938. The number of sulfonamides is 1. The van der Waals surface area contributed by atoms with Crippen LogP contribution in [0.5, 0.6) is 0 Å². The van der Waals surface area contributed by atoms with Gasteiger partial charge in [0.25, 0.3) is 0 Å². The minimum Gasteiger partial charge on any atom is -0.354 e. The van der Waals surface area contributed by atoms with Crippen molar-refractivity contribution < 1.29 is 8.42 Å². The monoisotopic (exact) mass is 376 g/mol. The van der Waals surface area contributed by atoms with Crippen LogP contribution < -0.4 is 10.0 Å². The van der Waals surface area contributed by atoms with E-state index in [1.807, 2.05) is 13.8 Å². The molecule has 0 aromatic rings. The molecular weight excluding hydrogens is 344 g/mol. The van der Waals surface area contributed by atoms with Gasteiger partial charge in [0.1, 0.15) is 0 Å². The van der Waals surface area contributed by atoms with Crippen molar-refractivity contribution in [3.8, 4) is 0 Å². The molecule has 1 saturated heterocycles. The first-order valence-electron chi connectivity index (χ1n) is 8.73. The van der Waals surface area contributed by atoms with Crippen molar-refractivity contribution in [3.63, 3.8) is 0 Å². The van der Waals surface area contributed by atoms with Gasteiger partial charge in [-0.15, -0.1) is 0 Å². The maximum atomic E-state index is 11.5. The molecule has 1 heterocycles. The van der Waals surface area contributed by atoms with Crippen LogP contribution in [0.25, 0.3) is 0 Å². The topological polar surface area (TPSA) is 73.8 Å². The smallest absolute Gasteiger partial charge is 0.209 e. The van der Waals surface area contributed by atoms with E-state index in [4.69, 9.17) is 0 Å². The molecule has 0 aromatic carbocycles. The molecule has 2 aliphatic rings. The minimum atomic E-state index is -3.23. The predicted octanol–water partition coefficient (Wildman–Crippen LogP) is 1.64. The van der Waals surface area contributed by atoms with Gasteiger partial charge in [-0.3, -0.25) is 4.99 Å². The maximum absolute atomic E-state index is 11.5. The van der Waals surface area contributed by atoms with E-state index in [2.05, 4.69) is 31.7 Å². The highest BCUT2D eigenvalue weighted by molar-refractivity contribution is 8.00. The fourth-order valence-electron chi connectivity index (χ4n) is 3.69. The van der Waals surface area contributed by atoms with E-state index >= 15 is 0 Å². The third-order valence-electron chi connectivity index (χ3n) is 4.67. The van der Waals surface area contributed by atoms with E-state index in [0.29, 0.717) is 11.3 Å². The zero-order chi connectivity index (χ0) is 17.8. The Morgan fingerprint density at radius 1 is 1.29 bits per heavy atom. The van der Waals surface area contributed by atoms with Crippen LogP contribution in [0.1, 0.15) is 46.0 Å². The molecule has 1 aliphatic heterocycles. The predicted molar refractivity (Wildman–Crippen MR) is 103 cm³/mol. The molecule has 8 heteroatoms. The Morgan fingerprint density at radius 3 is 2.54 bits per heavy atom. The number of guanidine groups is 1. The van der Waals surface area contributed by atoms with E-state index in [9.17, 15) is 8.42 Å². The Balaban J connectivity index is 1.96. The van der Waals surface area contributed by atoms with Crippen LogP contribution in [0.15, 0.2) is 4.99 Å². The molecule has 0 atom stereocenters. The first-order chi connectivity index (χ1) is 11.1. The Bertz CT molecular complexity index is 549. The lowest BCUT2D eigenvalue weighted by molar-refractivity contribution is 0.291. The van der Waals surface area contributed by atoms with Crippen molar-refractivity contribution in [1.29, 1.82) is 0 Å². The van der Waals surface area contributed by atoms with Gasteiger partial charge in [-0.05, 0) is 26.7 Å². The van der Waals surface area contributed by atoms with Gasteiger partial charge >= 0.3 is 0 Å². The molecule has 2 rings (SSSR count). The number of rotatable bonds is 4. The van der Waals surface area contributed by atoms with Crippen LogP contribution >= 0.6 is 11.8 Å². The second kappa shape index (κ2) is 7.83. The quantitative estimate of drug-likeness (QED) is 0.576. The summed E-state index contributed by atoms with van der Waals surface area (Å²) < 4.78 is 26.0. The lowest BCUT2D eigenvalue weighted by Crippen LogP contribution is -2.57. The Labute approximate surface area is 151 Å². The Kier molecular flexibility index (Phi) is 6.47. The zero-order valence-corrected chi connectivity index (χ0v) is 17.0. The lowest BCUT2D eigenvalue weighted by Gasteiger charge is -2.45. The van der Waals surface area contributed by atoms with E-state index in [0.717, 1.165) is 24.8 Å². The van der Waals surface area contributed by atoms with Crippen molar-refractivity contribution in [2.24, 2.45) is 4.99 Å². The summed E-state index contributed by atoms with van der Waals surface area (Å²) in [4.78, 5) is 6.78. The molecule has 2 fully saturated rings. The average molecular weight is 377 g/mol. The molecule has 1 aliphatic carbocycles. The molecule has 0 bridgehead atoms. The average Bonchev–Trinajstić information content (AvgIpc) is 2.46. The summed E-state index contributed by atoms with van der Waals surface area (Å²) in [7, 11) is -1.43. The second-order valence-corrected chi connectivity index (χ2v) is 11.0. The largest absolute Gasteiger partial charge is 0.354 e. The van der Waals surface area contributed by atoms with E-state index in [-0.39, 0.29) is 0 Å². The number of hydrogen-bond acceptors (Lipinski definition) is 4. The molecule has 6 nitrogen and oxygen atoms in total. The molecule has 0 radical (unpaired) electrons. The van der Waals surface area contributed by atoms with Gasteiger partial charge < -0.3 is 10.2 Å². The second-order valence-electron chi connectivity index (χ2n) is 7.67. The molecular formula is C16H32N4O2S2. The number of aliphatic imine (C=N–C) groups is 1. The van der Waals surface area contributed by atoms with Crippen molar-refractivity contribution in [3.05, 3.63) is 0 Å². The summed E-state index contributed by atoms with van der Waals surface area (Å²) in [5.74, 6) is 2.01. The van der Waals surface area contributed by atoms with Gasteiger partial charge in [0.2, 0.25) is 10.0 Å². The molecule has 0 amide bonds. The van der Waals surface area contributed by atoms with Gasteiger partial charge in [-0.2, -0.15) is 11.8 Å². The van der Waals surface area contributed by atoms with Crippen LogP contribution in [0.3, 0.4) is 0 Å². The van der Waals surface area contributed by atoms with Crippen LogP contribution in [0, 0.1) is 0 Å². The molecule has 0 aromatic heterocycles. The van der Waals surface area contributed by atoms with Crippen molar-refractivity contribution in [2.75, 3.05) is 38.7 Å². The Hall–Kier alpha value is -0.470. The molecule has 140 valence electrons. The van der Waals surface area contributed by atoms with Crippen LogP contribution in [-0.2, 0) is 10.0 Å². The SMILES string of the molecule is CN=C(NCC(C)(C)NS(C)(=O)=O)N1CCSC2(CCCCC2)C1. The standard InChI is InChI=1S/C16H32N4O2S2/c1-15(2,19-24(4,21)22)12-18-14(17-3)20-10-11-23-16(13-20)8-6-5-7-9-16/h19H,5-13H2,1-4H3,(H,17,18). The highest BCUT2D eigenvalue weighted by Crippen LogP contribution is 2.42. The van der Waals surface area contributed by atoms with Crippen molar-refractivity contribution in [2.45, 2.75) is 56.2 Å². The molecule has 1 saturated carbocycles. The zero-order valence-electron chi connectivity index (χ0n) is 15.4. The van der Waals surface area contributed by atoms with Crippen LogP contribution in [0.2, 0.25) is 0 Å². The van der Waals surface area contributed by atoms with Crippen LogP contribution in [-0.4, -0.2) is 68.3 Å². The van der Waals surface area contributed by atoms with Gasteiger partial charge in [-0.25, -0.2) is 13.1 Å². The van der Waals surface area contributed by atoms with Crippen molar-refractivity contribution >= 4 is 27.7 Å². The first kappa shape index (κ1) is 19.8. The molecule has 24 heavy (non-hydrogen) atoms. The summed E-state index contributed by atoms with van der Waals surface area (Å²) >= 11 is 2.13. The highest BCUT2D eigenvalue weighted by Gasteiger charge is 2.38. The van der Waals surface area contributed by atoms with Crippen molar-refractivity contribution in [1.82, 2.24) is 14.9 Å². The number of hydrogen-bond donors (Lipinski definition) is 2. The minimum absolute atomic E-state index is 0.384. The summed E-state index contributed by atoms with van der Waals surface area (Å²) in [5.41, 5.74) is -0.559. The molecule has 0 unspecified atom stereocenters. The third-order valence-corrected chi connectivity index (χ3v) is 7.13. The first-order valence-corrected chi connectivity index (χ1v) is 11.6. The van der Waals surface area contributed by atoms with Gasteiger partial charge in [0, 0.05) is 42.7 Å². The van der Waals surface area contributed by atoms with Gasteiger partial charge in [0.05, 0.1) is 6.26 Å². The molecule has 1 spiro atoms. The van der Waals surface area contributed by atoms with E-state index < -0.39 is 15.6 Å². The number of thioether (sulfide) groups is 1. The lowest BCUT2D eigenvalue weighted by atomic mass is 9.87. The summed E-state index contributed by atoms with van der Waals surface area (Å²) in [6, 6.07) is 0. The number of nitrogens with one attached hydrogen (secondary N) is 2. The maximum Gasteiger partial charge on any atom is 0.209 e. The highest BCUT2D eigenvalue weighted by atomic mass is 32.2. The normalized spacial score (nSPS) is 22.7. The van der Waals surface area contributed by atoms with Crippen LogP contribution in [0.4, 0.5) is 0 Å². The Morgan fingerprint density at radius 2 is 1.96 bits per heavy atom. The fourth-order valence-corrected chi connectivity index (χ4v) is 6.34.